The maximum absolute atomic E-state index is 12.1. The molecular weight excluding hydrogens is 350 g/mol. The van der Waals surface area contributed by atoms with E-state index in [2.05, 4.69) is 0 Å². The smallest absolute Gasteiger partial charge is 0.351 e. The van der Waals surface area contributed by atoms with E-state index in [1.54, 1.807) is 24.3 Å². The Kier molecular flexibility index (Phi) is 4.85. The monoisotopic (exact) mass is 369 g/mol. The molecule has 9 heteroatoms. The molecule has 2 atom stereocenters. The average molecular weight is 369 g/mol. The summed E-state index contributed by atoms with van der Waals surface area (Å²) in [5.41, 5.74) is 0. The van der Waals surface area contributed by atoms with Crippen molar-refractivity contribution in [3.8, 4) is 11.5 Å². The van der Waals surface area contributed by atoms with Crippen molar-refractivity contribution in [3.05, 3.63) is 24.3 Å². The lowest BCUT2D eigenvalue weighted by atomic mass is 10.2. The molecule has 8 nitrogen and oxygen atoms in total. The molecule has 0 saturated carbocycles. The Bertz CT molecular complexity index is 776. The van der Waals surface area contributed by atoms with E-state index in [0.717, 1.165) is 0 Å². The number of nitrogens with zero attached hydrogens (tertiary/aromatic N) is 1. The number of fused-ring (bicyclic) bond motifs is 1. The summed E-state index contributed by atoms with van der Waals surface area (Å²) in [5.74, 6) is -0.149. The van der Waals surface area contributed by atoms with E-state index in [1.165, 1.54) is 11.9 Å². The summed E-state index contributed by atoms with van der Waals surface area (Å²) in [7, 11) is -1.58. The molecule has 2 heterocycles. The molecule has 1 fully saturated rings. The van der Waals surface area contributed by atoms with Crippen molar-refractivity contribution in [2.24, 2.45) is 0 Å². The molecule has 0 aromatic heterocycles. The number of sulfone groups is 1. The molecule has 136 valence electrons. The highest BCUT2D eigenvalue weighted by molar-refractivity contribution is 7.91. The molecule has 25 heavy (non-hydrogen) atoms. The first-order valence-electron chi connectivity index (χ1n) is 7.87. The Morgan fingerprint density at radius 1 is 1.28 bits per heavy atom. The molecular formula is C16H19NO7S. The largest absolute Gasteiger partial charge is 0.485 e. The first-order chi connectivity index (χ1) is 11.9. The van der Waals surface area contributed by atoms with Gasteiger partial charge in [0.25, 0.3) is 5.91 Å². The Morgan fingerprint density at radius 3 is 2.68 bits per heavy atom. The van der Waals surface area contributed by atoms with Crippen LogP contribution in [0.4, 0.5) is 0 Å². The second-order valence-corrected chi connectivity index (χ2v) is 8.26. The number of para-hydroxylation sites is 2. The van der Waals surface area contributed by atoms with Crippen molar-refractivity contribution in [2.45, 2.75) is 18.6 Å². The molecule has 1 saturated heterocycles. The summed E-state index contributed by atoms with van der Waals surface area (Å²) in [4.78, 5) is 25.5. The zero-order valence-corrected chi connectivity index (χ0v) is 14.5. The number of rotatable bonds is 4. The molecule has 0 radical (unpaired) electrons. The molecule has 0 N–H and O–H groups in total. The topological polar surface area (TPSA) is 99.2 Å². The summed E-state index contributed by atoms with van der Waals surface area (Å²) < 4.78 is 38.9. The van der Waals surface area contributed by atoms with E-state index in [0.29, 0.717) is 17.9 Å². The van der Waals surface area contributed by atoms with Crippen LogP contribution in [0.1, 0.15) is 6.42 Å². The highest BCUT2D eigenvalue weighted by atomic mass is 32.2. The van der Waals surface area contributed by atoms with Gasteiger partial charge >= 0.3 is 5.97 Å². The normalized spacial score (nSPS) is 23.7. The van der Waals surface area contributed by atoms with Gasteiger partial charge in [-0.25, -0.2) is 13.2 Å². The van der Waals surface area contributed by atoms with Gasteiger partial charge in [0.05, 0.1) is 11.5 Å². The zero-order chi connectivity index (χ0) is 18.0. The lowest BCUT2D eigenvalue weighted by Crippen LogP contribution is -2.42. The first kappa shape index (κ1) is 17.5. The standard InChI is InChI=1S/C16H19NO7S/c1-17(11-6-7-25(20,21)10-11)15(18)9-23-16(19)14-8-22-12-4-2-3-5-13(12)24-14/h2-5,11,14H,6-10H2,1H3/t11-,14+/m0/s1. The molecule has 0 bridgehead atoms. The van der Waals surface area contributed by atoms with Crippen molar-refractivity contribution in [1.82, 2.24) is 4.90 Å². The van der Waals surface area contributed by atoms with Gasteiger partial charge < -0.3 is 19.1 Å². The molecule has 1 aromatic carbocycles. The predicted octanol–water partition coefficient (Wildman–Crippen LogP) is 0.0151. The zero-order valence-electron chi connectivity index (χ0n) is 13.7. The van der Waals surface area contributed by atoms with Gasteiger partial charge in [-0.1, -0.05) is 12.1 Å². The van der Waals surface area contributed by atoms with Crippen LogP contribution < -0.4 is 9.47 Å². The van der Waals surface area contributed by atoms with Gasteiger partial charge in [-0.05, 0) is 18.6 Å². The van der Waals surface area contributed by atoms with Gasteiger partial charge in [0.15, 0.2) is 27.9 Å². The Morgan fingerprint density at radius 2 is 2.00 bits per heavy atom. The van der Waals surface area contributed by atoms with Gasteiger partial charge in [0, 0.05) is 13.1 Å². The molecule has 2 aliphatic rings. The number of carbonyl (C=O) groups excluding carboxylic acids is 2. The van der Waals surface area contributed by atoms with Crippen LogP contribution in [0, 0.1) is 0 Å². The number of benzene rings is 1. The number of hydrogen-bond acceptors (Lipinski definition) is 7. The Labute approximate surface area is 145 Å². The SMILES string of the molecule is CN(C(=O)COC(=O)[C@H]1COc2ccccc2O1)[C@H]1CCS(=O)(=O)C1. The van der Waals surface area contributed by atoms with E-state index in [-0.39, 0.29) is 24.2 Å². The molecule has 0 aliphatic carbocycles. The van der Waals surface area contributed by atoms with Crippen LogP contribution in [0.5, 0.6) is 11.5 Å². The maximum atomic E-state index is 12.1. The lowest BCUT2D eigenvalue weighted by molar-refractivity contribution is -0.160. The summed E-state index contributed by atoms with van der Waals surface area (Å²) in [6.07, 6.45) is -0.547. The summed E-state index contributed by atoms with van der Waals surface area (Å²) in [5, 5.41) is 0. The number of carbonyl (C=O) groups is 2. The number of esters is 1. The predicted molar refractivity (Wildman–Crippen MR) is 87.1 cm³/mol. The molecule has 1 amide bonds. The fourth-order valence-corrected chi connectivity index (χ4v) is 4.52. The molecule has 2 aliphatic heterocycles. The van der Waals surface area contributed by atoms with Crippen molar-refractivity contribution < 1.29 is 32.2 Å². The summed E-state index contributed by atoms with van der Waals surface area (Å²) >= 11 is 0. The van der Waals surface area contributed by atoms with Crippen LogP contribution in [0.3, 0.4) is 0 Å². The van der Waals surface area contributed by atoms with Crippen molar-refractivity contribution in [1.29, 1.82) is 0 Å². The van der Waals surface area contributed by atoms with Crippen molar-refractivity contribution in [2.75, 3.05) is 31.8 Å². The van der Waals surface area contributed by atoms with Crippen LogP contribution in [0.25, 0.3) is 0 Å². The molecule has 1 aromatic rings. The van der Waals surface area contributed by atoms with E-state index >= 15 is 0 Å². The molecule has 0 spiro atoms. The second-order valence-electron chi connectivity index (χ2n) is 6.03. The molecule has 0 unspecified atom stereocenters. The van der Waals surface area contributed by atoms with Crippen molar-refractivity contribution >= 4 is 21.7 Å². The van der Waals surface area contributed by atoms with Crippen LogP contribution in [0.15, 0.2) is 24.3 Å². The Balaban J connectivity index is 1.50. The third kappa shape index (κ3) is 4.04. The summed E-state index contributed by atoms with van der Waals surface area (Å²) in [6, 6.07) is 6.57. The van der Waals surface area contributed by atoms with Gasteiger partial charge in [-0.15, -0.1) is 0 Å². The van der Waals surface area contributed by atoms with Gasteiger partial charge in [0.1, 0.15) is 6.61 Å². The number of hydrogen-bond donors (Lipinski definition) is 0. The first-order valence-corrected chi connectivity index (χ1v) is 9.69. The lowest BCUT2D eigenvalue weighted by Gasteiger charge is -2.26. The quantitative estimate of drug-likeness (QED) is 0.690. The number of likely N-dealkylation sites (N-methyl/N-ethyl adjacent to an activating group) is 1. The van der Waals surface area contributed by atoms with Gasteiger partial charge in [0.2, 0.25) is 6.10 Å². The maximum Gasteiger partial charge on any atom is 0.351 e. The van der Waals surface area contributed by atoms with Crippen molar-refractivity contribution in [3.63, 3.8) is 0 Å². The minimum absolute atomic E-state index is 0.000739. The van der Waals surface area contributed by atoms with E-state index in [9.17, 15) is 18.0 Å². The van der Waals surface area contributed by atoms with Crippen LogP contribution in [-0.2, 0) is 24.2 Å². The third-order valence-corrected chi connectivity index (χ3v) is 6.01. The fourth-order valence-electron chi connectivity index (χ4n) is 2.75. The van der Waals surface area contributed by atoms with E-state index < -0.39 is 34.4 Å². The fraction of sp³-hybridized carbons (Fsp3) is 0.500. The number of ether oxygens (including phenoxy) is 3. The summed E-state index contributed by atoms with van der Waals surface area (Å²) in [6.45, 7) is -0.464. The third-order valence-electron chi connectivity index (χ3n) is 4.26. The average Bonchev–Trinajstić information content (AvgIpc) is 2.98. The molecule has 3 rings (SSSR count). The minimum atomic E-state index is -3.09. The van der Waals surface area contributed by atoms with Gasteiger partial charge in [-0.3, -0.25) is 4.79 Å². The van der Waals surface area contributed by atoms with Crippen LogP contribution >= 0.6 is 0 Å². The van der Waals surface area contributed by atoms with Crippen LogP contribution in [0.2, 0.25) is 0 Å². The van der Waals surface area contributed by atoms with E-state index in [1.807, 2.05) is 0 Å². The van der Waals surface area contributed by atoms with E-state index in [4.69, 9.17) is 14.2 Å². The number of amides is 1. The minimum Gasteiger partial charge on any atom is -0.485 e. The Hall–Kier alpha value is -2.29. The second kappa shape index (κ2) is 6.91. The van der Waals surface area contributed by atoms with Gasteiger partial charge in [-0.2, -0.15) is 0 Å². The highest BCUT2D eigenvalue weighted by Crippen LogP contribution is 2.31. The van der Waals surface area contributed by atoms with Crippen LogP contribution in [-0.4, -0.2) is 69.1 Å². The highest BCUT2D eigenvalue weighted by Gasteiger charge is 2.34.